The number of aliphatic hydroxyl groups excluding tert-OH is 1. The van der Waals surface area contributed by atoms with Gasteiger partial charge < -0.3 is 24.6 Å². The van der Waals surface area contributed by atoms with Crippen molar-refractivity contribution >= 4 is 11.6 Å². The highest BCUT2D eigenvalue weighted by Gasteiger charge is 2.23. The molecule has 6 heteroatoms. The molecule has 1 aromatic heterocycles. The van der Waals surface area contributed by atoms with E-state index >= 15 is 0 Å². The van der Waals surface area contributed by atoms with Crippen molar-refractivity contribution in [3.05, 3.63) is 54.0 Å². The molecule has 2 aromatic rings. The van der Waals surface area contributed by atoms with Gasteiger partial charge in [0.05, 0.1) is 12.4 Å². The summed E-state index contributed by atoms with van der Waals surface area (Å²) < 4.78 is 5.18. The van der Waals surface area contributed by atoms with E-state index in [4.69, 9.17) is 4.42 Å². The third-order valence-corrected chi connectivity index (χ3v) is 4.34. The first-order chi connectivity index (χ1) is 11.7. The Kier molecular flexibility index (Phi) is 5.17. The fourth-order valence-electron chi connectivity index (χ4n) is 2.94. The number of carbonyl (C=O) groups is 1. The van der Waals surface area contributed by atoms with Crippen LogP contribution in [-0.2, 0) is 0 Å². The highest BCUT2D eigenvalue weighted by molar-refractivity contribution is 5.91. The molecule has 1 aromatic carbocycles. The van der Waals surface area contributed by atoms with E-state index < -0.39 is 6.10 Å². The molecule has 1 atom stereocenters. The predicted molar refractivity (Wildman–Crippen MR) is 92.2 cm³/mol. The Morgan fingerprint density at radius 2 is 1.92 bits per heavy atom. The number of benzene rings is 1. The normalized spacial score (nSPS) is 16.2. The van der Waals surface area contributed by atoms with Crippen molar-refractivity contribution in [1.82, 2.24) is 10.2 Å². The number of likely N-dealkylation sites (N-methyl/N-ethyl adjacent to an activating group) is 1. The molecule has 0 bridgehead atoms. The van der Waals surface area contributed by atoms with Crippen LogP contribution >= 0.6 is 0 Å². The lowest BCUT2D eigenvalue weighted by atomic mass is 10.1. The minimum absolute atomic E-state index is 0.0508. The number of piperazine rings is 1. The Morgan fingerprint density at radius 3 is 2.50 bits per heavy atom. The molecular formula is C18H23N3O3. The molecule has 1 amide bonds. The topological polar surface area (TPSA) is 69.0 Å². The van der Waals surface area contributed by atoms with Gasteiger partial charge in [-0.05, 0) is 36.9 Å². The summed E-state index contributed by atoms with van der Waals surface area (Å²) >= 11 is 0. The van der Waals surface area contributed by atoms with Gasteiger partial charge in [0.25, 0.3) is 5.91 Å². The maximum atomic E-state index is 12.3. The number of aliphatic hydroxyl groups is 1. The fraction of sp³-hybridized carbons (Fsp3) is 0.389. The molecule has 0 radical (unpaired) electrons. The fourth-order valence-corrected chi connectivity index (χ4v) is 2.94. The predicted octanol–water partition coefficient (Wildman–Crippen LogP) is 1.49. The average Bonchev–Trinajstić information content (AvgIpc) is 3.16. The van der Waals surface area contributed by atoms with Crippen molar-refractivity contribution in [3.8, 4) is 0 Å². The van der Waals surface area contributed by atoms with E-state index in [0.717, 1.165) is 24.3 Å². The van der Waals surface area contributed by atoms with Crippen molar-refractivity contribution in [2.75, 3.05) is 44.7 Å². The monoisotopic (exact) mass is 329 g/mol. The lowest BCUT2D eigenvalue weighted by molar-refractivity contribution is 0.0714. The maximum Gasteiger partial charge on any atom is 0.289 e. The molecule has 1 aliphatic heterocycles. The molecule has 0 saturated carbocycles. The van der Waals surface area contributed by atoms with E-state index in [2.05, 4.69) is 10.2 Å². The van der Waals surface area contributed by atoms with Gasteiger partial charge in [0.15, 0.2) is 5.76 Å². The van der Waals surface area contributed by atoms with Crippen molar-refractivity contribution in [1.29, 1.82) is 0 Å². The van der Waals surface area contributed by atoms with Crippen LogP contribution in [0.4, 0.5) is 5.69 Å². The minimum atomic E-state index is -0.494. The number of furan rings is 1. The number of hydrogen-bond donors (Lipinski definition) is 2. The van der Waals surface area contributed by atoms with E-state index in [1.165, 1.54) is 6.26 Å². The molecule has 6 nitrogen and oxygen atoms in total. The number of amides is 1. The van der Waals surface area contributed by atoms with Gasteiger partial charge >= 0.3 is 0 Å². The second-order valence-corrected chi connectivity index (χ2v) is 5.92. The summed E-state index contributed by atoms with van der Waals surface area (Å²) in [6, 6.07) is 11.4. The molecule has 0 spiro atoms. The van der Waals surface area contributed by atoms with Crippen LogP contribution in [0.15, 0.2) is 47.1 Å². The summed E-state index contributed by atoms with van der Waals surface area (Å²) in [7, 11) is 1.82. The summed E-state index contributed by atoms with van der Waals surface area (Å²) in [6.45, 7) is 3.44. The number of carbonyl (C=O) groups excluding carboxylic acids is 1. The zero-order chi connectivity index (χ0) is 16.9. The van der Waals surface area contributed by atoms with Gasteiger partial charge in [-0.3, -0.25) is 4.79 Å². The van der Waals surface area contributed by atoms with Crippen LogP contribution in [-0.4, -0.2) is 55.7 Å². The number of nitrogens with one attached hydrogen (secondary N) is 1. The van der Waals surface area contributed by atoms with Crippen molar-refractivity contribution < 1.29 is 14.3 Å². The number of nitrogens with zero attached hydrogens (tertiary/aromatic N) is 2. The molecule has 0 aliphatic carbocycles. The zero-order valence-corrected chi connectivity index (χ0v) is 13.8. The Balaban J connectivity index is 1.57. The molecule has 128 valence electrons. The van der Waals surface area contributed by atoms with Gasteiger partial charge in [0.2, 0.25) is 0 Å². The van der Waals surface area contributed by atoms with Gasteiger partial charge in [0, 0.05) is 38.4 Å². The van der Waals surface area contributed by atoms with Crippen LogP contribution < -0.4 is 10.2 Å². The first-order valence-corrected chi connectivity index (χ1v) is 8.19. The Hall–Kier alpha value is -2.31. The van der Waals surface area contributed by atoms with Crippen LogP contribution in [0.3, 0.4) is 0 Å². The lowest BCUT2D eigenvalue weighted by Crippen LogP contribution is -2.48. The van der Waals surface area contributed by atoms with Gasteiger partial charge in [-0.25, -0.2) is 0 Å². The van der Waals surface area contributed by atoms with Crippen LogP contribution in [0.25, 0.3) is 0 Å². The summed E-state index contributed by atoms with van der Waals surface area (Å²) in [5.41, 5.74) is 2.01. The SMILES string of the molecule is CNCC(O)c1ccc(N2CCN(C(=O)c3ccco3)CC2)cc1. The highest BCUT2D eigenvalue weighted by Crippen LogP contribution is 2.21. The zero-order valence-electron chi connectivity index (χ0n) is 13.8. The molecule has 1 unspecified atom stereocenters. The van der Waals surface area contributed by atoms with E-state index in [9.17, 15) is 9.90 Å². The molecule has 1 fully saturated rings. The summed E-state index contributed by atoms with van der Waals surface area (Å²) in [4.78, 5) is 16.3. The van der Waals surface area contributed by atoms with Crippen molar-refractivity contribution in [2.24, 2.45) is 0 Å². The largest absolute Gasteiger partial charge is 0.459 e. The molecule has 3 rings (SSSR count). The first kappa shape index (κ1) is 16.5. The van der Waals surface area contributed by atoms with E-state index in [1.54, 1.807) is 12.1 Å². The van der Waals surface area contributed by atoms with Crippen LogP contribution in [0, 0.1) is 0 Å². The third-order valence-electron chi connectivity index (χ3n) is 4.34. The molecule has 1 aliphatic rings. The second kappa shape index (κ2) is 7.51. The third kappa shape index (κ3) is 3.60. The smallest absolute Gasteiger partial charge is 0.289 e. The van der Waals surface area contributed by atoms with Gasteiger partial charge in [-0.2, -0.15) is 0 Å². The molecule has 2 heterocycles. The summed E-state index contributed by atoms with van der Waals surface area (Å²) in [6.07, 6.45) is 1.03. The summed E-state index contributed by atoms with van der Waals surface area (Å²) in [5.74, 6) is 0.344. The standard InChI is InChI=1S/C18H23N3O3/c1-19-13-16(22)14-4-6-15(7-5-14)20-8-10-21(11-9-20)18(23)17-3-2-12-24-17/h2-7,12,16,19,22H,8-11,13H2,1H3. The molecule has 24 heavy (non-hydrogen) atoms. The van der Waals surface area contributed by atoms with E-state index in [-0.39, 0.29) is 5.91 Å². The highest BCUT2D eigenvalue weighted by atomic mass is 16.3. The first-order valence-electron chi connectivity index (χ1n) is 8.19. The van der Waals surface area contributed by atoms with Gasteiger partial charge in [-0.15, -0.1) is 0 Å². The molecule has 1 saturated heterocycles. The van der Waals surface area contributed by atoms with Crippen LogP contribution in [0.2, 0.25) is 0 Å². The number of anilines is 1. The minimum Gasteiger partial charge on any atom is -0.459 e. The number of hydrogen-bond acceptors (Lipinski definition) is 5. The number of rotatable bonds is 5. The quantitative estimate of drug-likeness (QED) is 0.870. The Morgan fingerprint density at radius 1 is 1.21 bits per heavy atom. The van der Waals surface area contributed by atoms with Crippen molar-refractivity contribution in [3.63, 3.8) is 0 Å². The van der Waals surface area contributed by atoms with E-state index in [0.29, 0.717) is 25.4 Å². The lowest BCUT2D eigenvalue weighted by Gasteiger charge is -2.35. The summed E-state index contributed by atoms with van der Waals surface area (Å²) in [5, 5.41) is 12.9. The maximum absolute atomic E-state index is 12.3. The molecule has 2 N–H and O–H groups in total. The van der Waals surface area contributed by atoms with Crippen LogP contribution in [0.5, 0.6) is 0 Å². The molecular weight excluding hydrogens is 306 g/mol. The Bertz CT molecular complexity index is 647. The van der Waals surface area contributed by atoms with Gasteiger partial charge in [-0.1, -0.05) is 12.1 Å². The van der Waals surface area contributed by atoms with Crippen LogP contribution in [0.1, 0.15) is 22.2 Å². The second-order valence-electron chi connectivity index (χ2n) is 5.92. The van der Waals surface area contributed by atoms with Crippen molar-refractivity contribution in [2.45, 2.75) is 6.10 Å². The van der Waals surface area contributed by atoms with Gasteiger partial charge in [0.1, 0.15) is 0 Å². The Labute approximate surface area is 141 Å². The average molecular weight is 329 g/mol. The van der Waals surface area contributed by atoms with E-state index in [1.807, 2.05) is 36.2 Å².